The van der Waals surface area contributed by atoms with Crippen LogP contribution in [-0.2, 0) is 20.9 Å². The maximum absolute atomic E-state index is 11.8. The third kappa shape index (κ3) is 6.82. The number of carbonyl (C=O) groups excluding carboxylic acids is 1. The van der Waals surface area contributed by atoms with Gasteiger partial charge in [0.25, 0.3) is 0 Å². The van der Waals surface area contributed by atoms with E-state index in [2.05, 4.69) is 11.0 Å². The Hall–Kier alpha value is -1.84. The summed E-state index contributed by atoms with van der Waals surface area (Å²) in [5, 5.41) is 7.97. The van der Waals surface area contributed by atoms with E-state index in [0.29, 0.717) is 5.92 Å². The number of carboxylic acid groups (broad SMARTS) is 1. The van der Waals surface area contributed by atoms with Crippen molar-refractivity contribution >= 4 is 23.5 Å². The highest BCUT2D eigenvalue weighted by molar-refractivity contribution is 6.31. The van der Waals surface area contributed by atoms with Crippen LogP contribution in [0.1, 0.15) is 25.3 Å². The Bertz CT molecular complexity index is 767. The van der Waals surface area contributed by atoms with Gasteiger partial charge in [-0.1, -0.05) is 29.8 Å². The highest BCUT2D eigenvalue weighted by atomic mass is 35.5. The number of aliphatic carboxylic acids is 1. The van der Waals surface area contributed by atoms with Crippen molar-refractivity contribution in [1.82, 2.24) is 9.80 Å². The van der Waals surface area contributed by atoms with Crippen LogP contribution >= 0.6 is 11.6 Å². The molecule has 0 bridgehead atoms. The summed E-state index contributed by atoms with van der Waals surface area (Å²) in [6.45, 7) is 7.16. The van der Waals surface area contributed by atoms with Gasteiger partial charge in [-0.15, -0.1) is 0 Å². The van der Waals surface area contributed by atoms with Crippen LogP contribution < -0.4 is 0 Å². The molecule has 1 amide bonds. The summed E-state index contributed by atoms with van der Waals surface area (Å²) in [7, 11) is 1.76. The standard InChI is InChI=1S/C19H27ClN2O2.C2HF3O2/c1-15(23)22-12-17(13-24-2)19(14-22)7-9-21(10-8-19)11-16-5-3-4-6-18(16)20;3-2(4,5)1(6)7/h3-6,17H,7-14H2,1-2H3;(H,6,7). The minimum Gasteiger partial charge on any atom is -0.475 e. The van der Waals surface area contributed by atoms with Gasteiger partial charge in [-0.25, -0.2) is 4.79 Å². The van der Waals surface area contributed by atoms with Gasteiger partial charge in [0.1, 0.15) is 0 Å². The fourth-order valence-corrected chi connectivity index (χ4v) is 4.49. The number of hydrogen-bond donors (Lipinski definition) is 1. The second-order valence-corrected chi connectivity index (χ2v) is 8.49. The maximum Gasteiger partial charge on any atom is 0.490 e. The molecule has 0 saturated carbocycles. The molecule has 174 valence electrons. The molecule has 10 heteroatoms. The maximum atomic E-state index is 11.8. The van der Waals surface area contributed by atoms with Gasteiger partial charge in [-0.3, -0.25) is 9.69 Å². The highest BCUT2D eigenvalue weighted by Crippen LogP contribution is 2.45. The number of piperidine rings is 1. The van der Waals surface area contributed by atoms with E-state index in [4.69, 9.17) is 26.2 Å². The number of alkyl halides is 3. The lowest BCUT2D eigenvalue weighted by molar-refractivity contribution is -0.192. The number of carbonyl (C=O) groups is 2. The zero-order chi connectivity index (χ0) is 23.2. The number of benzene rings is 1. The fourth-order valence-electron chi connectivity index (χ4n) is 4.29. The lowest BCUT2D eigenvalue weighted by atomic mass is 9.71. The number of likely N-dealkylation sites (tertiary alicyclic amines) is 2. The Morgan fingerprint density at radius 3 is 2.32 bits per heavy atom. The van der Waals surface area contributed by atoms with Gasteiger partial charge in [0.05, 0.1) is 6.61 Å². The largest absolute Gasteiger partial charge is 0.490 e. The van der Waals surface area contributed by atoms with E-state index in [9.17, 15) is 18.0 Å². The molecule has 1 unspecified atom stereocenters. The summed E-state index contributed by atoms with van der Waals surface area (Å²) in [4.78, 5) is 25.2. The van der Waals surface area contributed by atoms with E-state index >= 15 is 0 Å². The molecule has 0 aliphatic carbocycles. The summed E-state index contributed by atoms with van der Waals surface area (Å²) in [5.74, 6) is -2.12. The van der Waals surface area contributed by atoms with Gasteiger partial charge in [0.2, 0.25) is 5.91 Å². The third-order valence-corrected chi connectivity index (χ3v) is 6.44. The summed E-state index contributed by atoms with van der Waals surface area (Å²) in [5.41, 5.74) is 1.42. The van der Waals surface area contributed by atoms with Gasteiger partial charge >= 0.3 is 12.1 Å². The van der Waals surface area contributed by atoms with Crippen LogP contribution in [0.15, 0.2) is 24.3 Å². The van der Waals surface area contributed by atoms with Crippen LogP contribution in [0.25, 0.3) is 0 Å². The van der Waals surface area contributed by atoms with Crippen molar-refractivity contribution in [2.45, 2.75) is 32.5 Å². The number of halogens is 4. The van der Waals surface area contributed by atoms with Crippen LogP contribution in [0.3, 0.4) is 0 Å². The third-order valence-electron chi connectivity index (χ3n) is 6.07. The quantitative estimate of drug-likeness (QED) is 0.736. The van der Waals surface area contributed by atoms with Crippen LogP contribution in [0.5, 0.6) is 0 Å². The minimum absolute atomic E-state index is 0.187. The summed E-state index contributed by atoms with van der Waals surface area (Å²) in [6.07, 6.45) is -2.84. The minimum atomic E-state index is -5.08. The fraction of sp³-hybridized carbons (Fsp3) is 0.619. The molecule has 2 fully saturated rings. The zero-order valence-corrected chi connectivity index (χ0v) is 18.4. The van der Waals surface area contributed by atoms with Crippen molar-refractivity contribution in [3.63, 3.8) is 0 Å². The summed E-state index contributed by atoms with van der Waals surface area (Å²) in [6, 6.07) is 8.08. The lowest BCUT2D eigenvalue weighted by Gasteiger charge is -2.42. The average molecular weight is 465 g/mol. The molecule has 1 aromatic carbocycles. The molecule has 2 aliphatic heterocycles. The molecular weight excluding hydrogens is 437 g/mol. The topological polar surface area (TPSA) is 70.1 Å². The van der Waals surface area contributed by atoms with Gasteiger partial charge in [0.15, 0.2) is 0 Å². The van der Waals surface area contributed by atoms with Crippen molar-refractivity contribution in [2.24, 2.45) is 11.3 Å². The molecule has 1 aromatic rings. The van der Waals surface area contributed by atoms with E-state index in [1.807, 2.05) is 23.1 Å². The lowest BCUT2D eigenvalue weighted by Crippen LogP contribution is -2.45. The summed E-state index contributed by atoms with van der Waals surface area (Å²) >= 11 is 6.30. The first-order chi connectivity index (χ1) is 14.5. The summed E-state index contributed by atoms with van der Waals surface area (Å²) < 4.78 is 37.2. The normalized spacial score (nSPS) is 21.0. The number of nitrogens with zero attached hydrogens (tertiary/aromatic N) is 2. The number of carboxylic acids is 1. The molecule has 2 aliphatic rings. The van der Waals surface area contributed by atoms with Crippen LogP contribution in [-0.4, -0.2) is 72.9 Å². The molecule has 0 aromatic heterocycles. The molecule has 1 N–H and O–H groups in total. The average Bonchev–Trinajstić information content (AvgIpc) is 3.04. The molecule has 1 atom stereocenters. The second-order valence-electron chi connectivity index (χ2n) is 8.08. The molecule has 1 spiro atoms. The molecule has 2 heterocycles. The molecule has 6 nitrogen and oxygen atoms in total. The Kier molecular flexibility index (Phi) is 8.73. The first-order valence-electron chi connectivity index (χ1n) is 9.99. The number of methoxy groups -OCH3 is 1. The molecule has 2 saturated heterocycles. The van der Waals surface area contributed by atoms with Crippen molar-refractivity contribution in [1.29, 1.82) is 0 Å². The molecular formula is C21H28ClF3N2O4. The van der Waals surface area contributed by atoms with Crippen LogP contribution in [0.2, 0.25) is 5.02 Å². The smallest absolute Gasteiger partial charge is 0.475 e. The highest BCUT2D eigenvalue weighted by Gasteiger charge is 2.48. The Morgan fingerprint density at radius 2 is 1.84 bits per heavy atom. The predicted molar refractivity (Wildman–Crippen MR) is 110 cm³/mol. The molecule has 3 rings (SSSR count). The van der Waals surface area contributed by atoms with E-state index in [-0.39, 0.29) is 11.3 Å². The van der Waals surface area contributed by atoms with E-state index in [1.54, 1.807) is 14.0 Å². The Labute approximate surface area is 184 Å². The first kappa shape index (κ1) is 25.4. The van der Waals surface area contributed by atoms with E-state index < -0.39 is 12.1 Å². The Morgan fingerprint density at radius 1 is 1.26 bits per heavy atom. The number of ether oxygens (including phenoxy) is 1. The van der Waals surface area contributed by atoms with Gasteiger partial charge in [0, 0.05) is 44.6 Å². The van der Waals surface area contributed by atoms with Crippen LogP contribution in [0, 0.1) is 11.3 Å². The molecule has 0 radical (unpaired) electrons. The number of hydrogen-bond acceptors (Lipinski definition) is 4. The van der Waals surface area contributed by atoms with E-state index in [0.717, 1.165) is 57.2 Å². The van der Waals surface area contributed by atoms with E-state index in [1.165, 1.54) is 5.56 Å². The SMILES string of the molecule is COCC1CN(C(C)=O)CC12CCN(Cc1ccccc1Cl)CC2.O=C(O)C(F)(F)F. The second kappa shape index (κ2) is 10.7. The number of amides is 1. The van der Waals surface area contributed by atoms with Crippen molar-refractivity contribution < 1.29 is 32.6 Å². The zero-order valence-electron chi connectivity index (χ0n) is 17.6. The van der Waals surface area contributed by atoms with Crippen molar-refractivity contribution in [2.75, 3.05) is 39.9 Å². The Balaban J connectivity index is 0.000000423. The van der Waals surface area contributed by atoms with Gasteiger partial charge < -0.3 is 14.7 Å². The first-order valence-corrected chi connectivity index (χ1v) is 10.4. The van der Waals surface area contributed by atoms with Gasteiger partial charge in [-0.05, 0) is 43.0 Å². The predicted octanol–water partition coefficient (Wildman–Crippen LogP) is 3.68. The van der Waals surface area contributed by atoms with Crippen molar-refractivity contribution in [3.05, 3.63) is 34.9 Å². The monoisotopic (exact) mass is 464 g/mol. The van der Waals surface area contributed by atoms with Crippen molar-refractivity contribution in [3.8, 4) is 0 Å². The number of rotatable bonds is 4. The van der Waals surface area contributed by atoms with Crippen LogP contribution in [0.4, 0.5) is 13.2 Å². The van der Waals surface area contributed by atoms with Gasteiger partial charge in [-0.2, -0.15) is 13.2 Å². The molecule has 31 heavy (non-hydrogen) atoms.